The number of alkyl halides is 2. The molecule has 30 heavy (non-hydrogen) atoms. The number of hydrogen-bond acceptors (Lipinski definition) is 6. The van der Waals surface area contributed by atoms with Crippen molar-refractivity contribution in [2.45, 2.75) is 12.8 Å². The van der Waals surface area contributed by atoms with Gasteiger partial charge in [0.2, 0.25) is 5.89 Å². The van der Waals surface area contributed by atoms with Gasteiger partial charge in [-0.05, 0) is 42.0 Å². The van der Waals surface area contributed by atoms with Crippen LogP contribution in [-0.2, 0) is 6.42 Å². The lowest BCUT2D eigenvalue weighted by atomic mass is 10.1. The van der Waals surface area contributed by atoms with Crippen LogP contribution in [0.2, 0.25) is 0 Å². The van der Waals surface area contributed by atoms with Gasteiger partial charge in [-0.3, -0.25) is 5.32 Å². The fourth-order valence-corrected chi connectivity index (χ4v) is 2.74. The normalized spacial score (nSPS) is 11.0. The lowest BCUT2D eigenvalue weighted by Crippen LogP contribution is -2.07. The molecule has 0 aliphatic carbocycles. The summed E-state index contributed by atoms with van der Waals surface area (Å²) in [6, 6.07) is 13.7. The van der Waals surface area contributed by atoms with Crippen molar-refractivity contribution in [1.82, 2.24) is 25.2 Å². The molecule has 2 N–H and O–H groups in total. The molecule has 152 valence electrons. The summed E-state index contributed by atoms with van der Waals surface area (Å²) in [5.74, 6) is -0.680. The Morgan fingerprint density at radius 3 is 2.43 bits per heavy atom. The van der Waals surface area contributed by atoms with Crippen molar-refractivity contribution < 1.29 is 23.1 Å². The van der Waals surface area contributed by atoms with E-state index in [-0.39, 0.29) is 5.89 Å². The van der Waals surface area contributed by atoms with Crippen LogP contribution in [0, 0.1) is 0 Å². The van der Waals surface area contributed by atoms with Crippen LogP contribution >= 0.6 is 0 Å². The van der Waals surface area contributed by atoms with E-state index in [1.807, 2.05) is 12.1 Å². The van der Waals surface area contributed by atoms with Gasteiger partial charge in [0, 0.05) is 17.7 Å². The predicted octanol–water partition coefficient (Wildman–Crippen LogP) is 3.94. The highest BCUT2D eigenvalue weighted by molar-refractivity contribution is 5.82. The van der Waals surface area contributed by atoms with Gasteiger partial charge in [-0.25, -0.2) is 9.48 Å². The number of benzene rings is 2. The Kier molecular flexibility index (Phi) is 5.16. The molecule has 9 nitrogen and oxygen atoms in total. The maximum Gasteiger partial charge on any atom is 0.409 e. The lowest BCUT2D eigenvalue weighted by molar-refractivity contribution is 0.116. The van der Waals surface area contributed by atoms with Crippen LogP contribution in [0.1, 0.15) is 23.6 Å². The van der Waals surface area contributed by atoms with E-state index in [1.54, 1.807) is 47.3 Å². The number of halogens is 2. The lowest BCUT2D eigenvalue weighted by Gasteiger charge is -2.03. The topological polar surface area (TPSA) is 119 Å². The van der Waals surface area contributed by atoms with E-state index in [0.717, 1.165) is 11.3 Å². The minimum absolute atomic E-state index is 0.0311. The third kappa shape index (κ3) is 4.29. The Bertz CT molecular complexity index is 1160. The zero-order valence-corrected chi connectivity index (χ0v) is 15.2. The van der Waals surface area contributed by atoms with Crippen LogP contribution in [0.25, 0.3) is 17.1 Å². The summed E-state index contributed by atoms with van der Waals surface area (Å²) in [4.78, 5) is 10.6. The molecule has 0 saturated heterocycles. The first kappa shape index (κ1) is 19.2. The van der Waals surface area contributed by atoms with Crippen LogP contribution < -0.4 is 5.32 Å². The maximum absolute atomic E-state index is 12.6. The van der Waals surface area contributed by atoms with E-state index in [0.29, 0.717) is 23.4 Å². The Hall–Kier alpha value is -4.15. The van der Waals surface area contributed by atoms with Gasteiger partial charge >= 0.3 is 12.5 Å². The molecule has 0 unspecified atom stereocenters. The van der Waals surface area contributed by atoms with E-state index in [1.165, 1.54) is 0 Å². The first-order valence-corrected chi connectivity index (χ1v) is 8.70. The summed E-state index contributed by atoms with van der Waals surface area (Å²) >= 11 is 0. The molecule has 2 heterocycles. The summed E-state index contributed by atoms with van der Waals surface area (Å²) in [7, 11) is 0. The first-order chi connectivity index (χ1) is 14.5. The van der Waals surface area contributed by atoms with Gasteiger partial charge in [-0.1, -0.05) is 17.3 Å². The van der Waals surface area contributed by atoms with Gasteiger partial charge in [-0.15, -0.1) is 15.3 Å². The monoisotopic (exact) mass is 412 g/mol. The van der Waals surface area contributed by atoms with Crippen molar-refractivity contribution in [2.75, 3.05) is 5.32 Å². The number of carbonyl (C=O) groups is 1. The van der Waals surface area contributed by atoms with Crippen molar-refractivity contribution in [1.29, 1.82) is 0 Å². The van der Waals surface area contributed by atoms with Crippen molar-refractivity contribution in [3.8, 4) is 17.1 Å². The average Bonchev–Trinajstić information content (AvgIpc) is 3.39. The zero-order valence-electron chi connectivity index (χ0n) is 15.2. The van der Waals surface area contributed by atoms with Gasteiger partial charge in [0.1, 0.15) is 0 Å². The Balaban J connectivity index is 1.43. The maximum atomic E-state index is 12.6. The molecule has 4 aromatic rings. The minimum Gasteiger partial charge on any atom is -0.465 e. The Morgan fingerprint density at radius 2 is 1.80 bits per heavy atom. The first-order valence-electron chi connectivity index (χ1n) is 8.70. The molecule has 1 amide bonds. The number of nitrogens with zero attached hydrogens (tertiary/aromatic N) is 5. The molecule has 0 saturated carbocycles. The number of aromatic nitrogens is 5. The second-order valence-corrected chi connectivity index (χ2v) is 6.25. The number of amides is 1. The smallest absolute Gasteiger partial charge is 0.409 e. The fourth-order valence-electron chi connectivity index (χ4n) is 2.74. The molecule has 0 spiro atoms. The van der Waals surface area contributed by atoms with Crippen LogP contribution in [0.5, 0.6) is 0 Å². The average molecular weight is 412 g/mol. The second-order valence-electron chi connectivity index (χ2n) is 6.25. The van der Waals surface area contributed by atoms with Crippen LogP contribution in [-0.4, -0.2) is 36.4 Å². The fraction of sp³-hybridized carbons (Fsp3) is 0.105. The van der Waals surface area contributed by atoms with E-state index >= 15 is 0 Å². The van der Waals surface area contributed by atoms with Crippen molar-refractivity contribution >= 4 is 11.8 Å². The molecule has 0 aliphatic heterocycles. The molecular weight excluding hydrogens is 398 g/mol. The molecule has 0 bridgehead atoms. The molecule has 11 heteroatoms. The van der Waals surface area contributed by atoms with Gasteiger partial charge in [0.05, 0.1) is 17.6 Å². The van der Waals surface area contributed by atoms with E-state index in [4.69, 9.17) is 9.52 Å². The van der Waals surface area contributed by atoms with Gasteiger partial charge in [0.15, 0.2) is 0 Å². The minimum atomic E-state index is -2.81. The molecule has 4 rings (SSSR count). The molecule has 0 fully saturated rings. The molecule has 0 radical (unpaired) electrons. The van der Waals surface area contributed by atoms with Crippen molar-refractivity contribution in [3.63, 3.8) is 0 Å². The molecule has 0 aliphatic rings. The van der Waals surface area contributed by atoms with Gasteiger partial charge < -0.3 is 9.52 Å². The van der Waals surface area contributed by atoms with E-state index in [2.05, 4.69) is 25.8 Å². The van der Waals surface area contributed by atoms with Gasteiger partial charge in [-0.2, -0.15) is 8.78 Å². The van der Waals surface area contributed by atoms with Crippen LogP contribution in [0.3, 0.4) is 0 Å². The van der Waals surface area contributed by atoms with Crippen LogP contribution in [0.15, 0.2) is 59.1 Å². The highest BCUT2D eigenvalue weighted by Gasteiger charge is 2.17. The standard InChI is InChI=1S/C19H14F2N6O3/c20-16(21)18-25-24-17(30-18)12-3-1-11(2-4-12)9-14-10-27(26-23-14)15-7-5-13(6-8-15)22-19(28)29/h1-8,10,16,22H,9H2,(H,28,29). The third-order valence-electron chi connectivity index (χ3n) is 4.14. The van der Waals surface area contributed by atoms with Crippen molar-refractivity contribution in [2.24, 2.45) is 0 Å². The summed E-state index contributed by atoms with van der Waals surface area (Å²) in [6.07, 6.45) is -1.67. The Labute approximate surface area is 168 Å². The predicted molar refractivity (Wildman–Crippen MR) is 101 cm³/mol. The zero-order chi connectivity index (χ0) is 21.1. The third-order valence-corrected chi connectivity index (χ3v) is 4.14. The summed E-state index contributed by atoms with van der Waals surface area (Å²) in [5.41, 5.74) is 3.37. The molecule has 2 aromatic carbocycles. The quantitative estimate of drug-likeness (QED) is 0.492. The molecule has 0 atom stereocenters. The molecule has 2 aromatic heterocycles. The second kappa shape index (κ2) is 8.07. The van der Waals surface area contributed by atoms with Crippen molar-refractivity contribution in [3.05, 3.63) is 71.9 Å². The van der Waals surface area contributed by atoms with Crippen LogP contribution in [0.4, 0.5) is 19.3 Å². The molecular formula is C19H14F2N6O3. The number of anilines is 1. The number of rotatable bonds is 6. The summed E-state index contributed by atoms with van der Waals surface area (Å²) in [6.45, 7) is 0. The Morgan fingerprint density at radius 1 is 1.07 bits per heavy atom. The summed E-state index contributed by atoms with van der Waals surface area (Å²) < 4.78 is 31.6. The van der Waals surface area contributed by atoms with Gasteiger partial charge in [0.25, 0.3) is 5.89 Å². The highest BCUT2D eigenvalue weighted by atomic mass is 19.3. The highest BCUT2D eigenvalue weighted by Crippen LogP contribution is 2.24. The van der Waals surface area contributed by atoms with E-state index in [9.17, 15) is 13.6 Å². The summed E-state index contributed by atoms with van der Waals surface area (Å²) in [5, 5.41) is 26.1. The number of hydrogen-bond donors (Lipinski definition) is 2. The SMILES string of the molecule is O=C(O)Nc1ccc(-n2cc(Cc3ccc(-c4nnc(C(F)F)o4)cc3)nn2)cc1. The van der Waals surface area contributed by atoms with E-state index < -0.39 is 18.4 Å². The number of nitrogens with one attached hydrogen (secondary N) is 1. The number of carboxylic acid groups (broad SMARTS) is 1. The largest absolute Gasteiger partial charge is 0.465 e.